The van der Waals surface area contributed by atoms with E-state index in [0.29, 0.717) is 23.2 Å². The van der Waals surface area contributed by atoms with Crippen molar-refractivity contribution in [3.05, 3.63) is 30.1 Å². The van der Waals surface area contributed by atoms with Crippen molar-refractivity contribution in [2.45, 2.75) is 6.54 Å². The van der Waals surface area contributed by atoms with Crippen LogP contribution >= 0.6 is 11.5 Å². The first-order chi connectivity index (χ1) is 9.72. The highest BCUT2D eigenvalue weighted by molar-refractivity contribution is 7.09. The number of anilines is 1. The zero-order chi connectivity index (χ0) is 14.4. The van der Waals surface area contributed by atoms with Crippen LogP contribution in [0, 0.1) is 0 Å². The third kappa shape index (κ3) is 3.58. The Morgan fingerprint density at radius 2 is 2.10 bits per heavy atom. The Labute approximate surface area is 120 Å². The minimum absolute atomic E-state index is 0.337. The Bertz CT molecular complexity index is 574. The molecule has 1 aromatic heterocycles. The Kier molecular flexibility index (Phi) is 4.72. The number of nitrogens with zero attached hydrogens (tertiary/aromatic N) is 2. The molecule has 20 heavy (non-hydrogen) atoms. The van der Waals surface area contributed by atoms with Gasteiger partial charge in [-0.25, -0.2) is 9.78 Å². The van der Waals surface area contributed by atoms with E-state index in [1.807, 2.05) is 12.1 Å². The summed E-state index contributed by atoms with van der Waals surface area (Å²) < 4.78 is 14.1. The molecule has 2 amide bonds. The van der Waals surface area contributed by atoms with Crippen molar-refractivity contribution in [2.24, 2.45) is 0 Å². The van der Waals surface area contributed by atoms with Gasteiger partial charge in [-0.1, -0.05) is 6.07 Å². The fourth-order valence-electron chi connectivity index (χ4n) is 1.54. The number of hydrogen-bond donors (Lipinski definition) is 2. The minimum Gasteiger partial charge on any atom is -0.493 e. The monoisotopic (exact) mass is 294 g/mol. The number of carbonyl (C=O) groups is 1. The maximum absolute atomic E-state index is 11.6. The first-order valence-electron chi connectivity index (χ1n) is 5.75. The fraction of sp³-hybridized carbons (Fsp3) is 0.250. The van der Waals surface area contributed by atoms with Crippen LogP contribution < -0.4 is 20.1 Å². The van der Waals surface area contributed by atoms with Gasteiger partial charge in [-0.15, -0.1) is 0 Å². The van der Waals surface area contributed by atoms with Crippen LogP contribution in [0.5, 0.6) is 11.5 Å². The zero-order valence-electron chi connectivity index (χ0n) is 11.0. The lowest BCUT2D eigenvalue weighted by atomic mass is 10.2. The molecule has 0 radical (unpaired) electrons. The molecule has 0 fully saturated rings. The van der Waals surface area contributed by atoms with Crippen molar-refractivity contribution in [1.82, 2.24) is 14.7 Å². The summed E-state index contributed by atoms with van der Waals surface area (Å²) in [4.78, 5) is 15.5. The molecule has 0 aliphatic carbocycles. The Balaban J connectivity index is 1.92. The quantitative estimate of drug-likeness (QED) is 0.879. The van der Waals surface area contributed by atoms with Crippen LogP contribution in [0.1, 0.15) is 5.56 Å². The van der Waals surface area contributed by atoms with E-state index >= 15 is 0 Å². The lowest BCUT2D eigenvalue weighted by Gasteiger charge is -2.10. The molecule has 2 N–H and O–H groups in total. The number of rotatable bonds is 5. The van der Waals surface area contributed by atoms with Crippen molar-refractivity contribution in [3.8, 4) is 11.5 Å². The van der Waals surface area contributed by atoms with Crippen molar-refractivity contribution in [1.29, 1.82) is 0 Å². The molecule has 0 spiro atoms. The molecule has 0 saturated heterocycles. The van der Waals surface area contributed by atoms with E-state index in [4.69, 9.17) is 9.47 Å². The first kappa shape index (κ1) is 14.1. The number of methoxy groups -OCH3 is 2. The van der Waals surface area contributed by atoms with E-state index < -0.39 is 0 Å². The Morgan fingerprint density at radius 3 is 2.75 bits per heavy atom. The highest BCUT2D eigenvalue weighted by Gasteiger charge is 2.07. The van der Waals surface area contributed by atoms with Gasteiger partial charge in [-0.2, -0.15) is 4.37 Å². The highest BCUT2D eigenvalue weighted by atomic mass is 32.1. The molecule has 0 bridgehead atoms. The summed E-state index contributed by atoms with van der Waals surface area (Å²) in [5.74, 6) is 1.27. The van der Waals surface area contributed by atoms with Crippen LogP contribution in [0.2, 0.25) is 0 Å². The van der Waals surface area contributed by atoms with Gasteiger partial charge < -0.3 is 14.8 Å². The van der Waals surface area contributed by atoms with E-state index in [9.17, 15) is 4.79 Å². The van der Waals surface area contributed by atoms with Gasteiger partial charge >= 0.3 is 6.03 Å². The number of amides is 2. The van der Waals surface area contributed by atoms with Crippen LogP contribution in [-0.4, -0.2) is 29.6 Å². The van der Waals surface area contributed by atoms with Crippen molar-refractivity contribution < 1.29 is 14.3 Å². The van der Waals surface area contributed by atoms with Crippen LogP contribution in [0.3, 0.4) is 0 Å². The van der Waals surface area contributed by atoms with Gasteiger partial charge in [0, 0.05) is 18.1 Å². The van der Waals surface area contributed by atoms with E-state index in [0.717, 1.165) is 17.1 Å². The average molecular weight is 294 g/mol. The molecule has 0 saturated carbocycles. The molecule has 0 unspecified atom stereocenters. The summed E-state index contributed by atoms with van der Waals surface area (Å²) in [6.07, 6.45) is 1.38. The largest absolute Gasteiger partial charge is 0.493 e. The molecule has 2 rings (SSSR count). The molecule has 1 heterocycles. The lowest BCUT2D eigenvalue weighted by molar-refractivity contribution is 0.251. The zero-order valence-corrected chi connectivity index (χ0v) is 11.9. The maximum Gasteiger partial charge on any atom is 0.321 e. The number of ether oxygens (including phenoxy) is 2. The van der Waals surface area contributed by atoms with Crippen molar-refractivity contribution in [3.63, 3.8) is 0 Å². The van der Waals surface area contributed by atoms with Gasteiger partial charge in [0.05, 0.1) is 14.2 Å². The van der Waals surface area contributed by atoms with Gasteiger partial charge in [0.1, 0.15) is 6.33 Å². The van der Waals surface area contributed by atoms with Crippen molar-refractivity contribution >= 4 is 22.7 Å². The SMILES string of the molecule is COc1ccc(CNC(=O)Nc2ncns2)cc1OC. The summed E-state index contributed by atoms with van der Waals surface area (Å²) in [5, 5.41) is 5.75. The number of urea groups is 1. The lowest BCUT2D eigenvalue weighted by Crippen LogP contribution is -2.28. The van der Waals surface area contributed by atoms with E-state index in [-0.39, 0.29) is 6.03 Å². The summed E-state index contributed by atoms with van der Waals surface area (Å²) in [7, 11) is 3.14. The predicted octanol–water partition coefficient (Wildman–Crippen LogP) is 1.88. The van der Waals surface area contributed by atoms with Gasteiger partial charge in [-0.3, -0.25) is 5.32 Å². The van der Waals surface area contributed by atoms with Crippen molar-refractivity contribution in [2.75, 3.05) is 19.5 Å². The van der Waals surface area contributed by atoms with E-state index in [2.05, 4.69) is 20.0 Å². The van der Waals surface area contributed by atoms with E-state index in [1.54, 1.807) is 20.3 Å². The first-order valence-corrected chi connectivity index (χ1v) is 6.52. The molecule has 106 valence electrons. The third-order valence-electron chi connectivity index (χ3n) is 2.48. The topological polar surface area (TPSA) is 85.4 Å². The molecular formula is C12H14N4O3S. The predicted molar refractivity (Wildman–Crippen MR) is 75.3 cm³/mol. The maximum atomic E-state index is 11.6. The number of benzene rings is 1. The van der Waals surface area contributed by atoms with Crippen LogP contribution in [0.15, 0.2) is 24.5 Å². The summed E-state index contributed by atoms with van der Waals surface area (Å²) in [5.41, 5.74) is 0.898. The highest BCUT2D eigenvalue weighted by Crippen LogP contribution is 2.27. The molecule has 1 aromatic carbocycles. The minimum atomic E-state index is -0.337. The number of aromatic nitrogens is 2. The number of nitrogens with one attached hydrogen (secondary N) is 2. The fourth-order valence-corrected chi connectivity index (χ4v) is 1.97. The molecule has 0 aliphatic rings. The second-order valence-corrected chi connectivity index (χ2v) is 4.52. The molecule has 2 aromatic rings. The standard InChI is InChI=1S/C12H14N4O3S/c1-18-9-4-3-8(5-10(9)19-2)6-13-11(17)16-12-14-7-15-20-12/h3-5,7H,6H2,1-2H3,(H2,13,14,15,16,17). The Hall–Kier alpha value is -2.35. The average Bonchev–Trinajstić information content (AvgIpc) is 2.97. The van der Waals surface area contributed by atoms with Gasteiger partial charge in [-0.05, 0) is 17.7 Å². The summed E-state index contributed by atoms with van der Waals surface area (Å²) in [6, 6.07) is 5.12. The molecule has 0 aliphatic heterocycles. The Morgan fingerprint density at radius 1 is 1.30 bits per heavy atom. The summed E-state index contributed by atoms with van der Waals surface area (Å²) >= 11 is 1.11. The van der Waals surface area contributed by atoms with E-state index in [1.165, 1.54) is 6.33 Å². The molecule has 8 heteroatoms. The molecule has 7 nitrogen and oxygen atoms in total. The van der Waals surface area contributed by atoms with Crippen LogP contribution in [0.25, 0.3) is 0 Å². The van der Waals surface area contributed by atoms with Gasteiger partial charge in [0.15, 0.2) is 11.5 Å². The molecular weight excluding hydrogens is 280 g/mol. The smallest absolute Gasteiger partial charge is 0.321 e. The number of carbonyl (C=O) groups excluding carboxylic acids is 1. The third-order valence-corrected chi connectivity index (χ3v) is 3.06. The second kappa shape index (κ2) is 6.71. The number of hydrogen-bond acceptors (Lipinski definition) is 6. The summed E-state index contributed by atoms with van der Waals surface area (Å²) in [6.45, 7) is 0.366. The second-order valence-electron chi connectivity index (χ2n) is 3.74. The van der Waals surface area contributed by atoms with Gasteiger partial charge in [0.25, 0.3) is 0 Å². The van der Waals surface area contributed by atoms with Crippen LogP contribution in [-0.2, 0) is 6.54 Å². The molecule has 0 atom stereocenters. The normalized spacial score (nSPS) is 9.90. The van der Waals surface area contributed by atoms with Crippen LogP contribution in [0.4, 0.5) is 9.93 Å². The van der Waals surface area contributed by atoms with Gasteiger partial charge in [0.2, 0.25) is 5.13 Å².